The number of hydrogen-bond acceptors (Lipinski definition) is 5. The van der Waals surface area contributed by atoms with Crippen LogP contribution in [-0.2, 0) is 4.79 Å². The Morgan fingerprint density at radius 3 is 2.38 bits per heavy atom. The first kappa shape index (κ1) is 17.0. The van der Waals surface area contributed by atoms with Gasteiger partial charge in [0.25, 0.3) is 5.91 Å². The molecule has 4 saturated carbocycles. The lowest BCUT2D eigenvalue weighted by atomic mass is 9.53. The van der Waals surface area contributed by atoms with Crippen LogP contribution < -0.4 is 10.1 Å². The van der Waals surface area contributed by atoms with E-state index in [2.05, 4.69) is 5.32 Å². The maximum atomic E-state index is 12.4. The number of rotatable bonds is 6. The Bertz CT molecular complexity index is 725. The number of aldehydes is 1. The van der Waals surface area contributed by atoms with Gasteiger partial charge in [0.15, 0.2) is 12.4 Å². The highest BCUT2D eigenvalue weighted by Crippen LogP contribution is 2.55. The number of amides is 1. The second-order valence-electron chi connectivity index (χ2n) is 8.14. The predicted molar refractivity (Wildman–Crippen MR) is 93.0 cm³/mol. The molecule has 1 amide bonds. The van der Waals surface area contributed by atoms with Gasteiger partial charge in [-0.1, -0.05) is 0 Å². The average molecular weight is 358 g/mol. The first-order valence-electron chi connectivity index (χ1n) is 9.14. The molecule has 0 saturated heterocycles. The molecule has 4 aliphatic rings. The summed E-state index contributed by atoms with van der Waals surface area (Å²) in [5.74, 6) is 1.93. The number of nitrogens with one attached hydrogen (secondary N) is 1. The van der Waals surface area contributed by atoms with Crippen molar-refractivity contribution in [3.05, 3.63) is 33.9 Å². The molecule has 5 rings (SSSR count). The first-order valence-corrected chi connectivity index (χ1v) is 9.14. The van der Waals surface area contributed by atoms with Gasteiger partial charge < -0.3 is 10.1 Å². The van der Waals surface area contributed by atoms with Gasteiger partial charge in [0.2, 0.25) is 0 Å². The third-order valence-electron chi connectivity index (χ3n) is 6.12. The van der Waals surface area contributed by atoms with Crippen LogP contribution in [0.15, 0.2) is 18.2 Å². The monoisotopic (exact) mass is 358 g/mol. The van der Waals surface area contributed by atoms with Crippen molar-refractivity contribution in [2.45, 2.75) is 44.1 Å². The Kier molecular flexibility index (Phi) is 4.17. The third-order valence-corrected chi connectivity index (χ3v) is 6.12. The van der Waals surface area contributed by atoms with Crippen LogP contribution in [0.25, 0.3) is 0 Å². The van der Waals surface area contributed by atoms with Crippen molar-refractivity contribution in [3.63, 3.8) is 0 Å². The Morgan fingerprint density at radius 2 is 1.85 bits per heavy atom. The van der Waals surface area contributed by atoms with Gasteiger partial charge in [-0.05, 0) is 68.4 Å². The van der Waals surface area contributed by atoms with Gasteiger partial charge in [-0.3, -0.25) is 19.7 Å². The molecule has 0 atom stereocenters. The lowest BCUT2D eigenvalue weighted by Crippen LogP contribution is -2.60. The minimum atomic E-state index is -0.612. The molecule has 4 aliphatic carbocycles. The summed E-state index contributed by atoms with van der Waals surface area (Å²) in [6.45, 7) is -0.261. The fourth-order valence-electron chi connectivity index (χ4n) is 5.61. The molecule has 138 valence electrons. The van der Waals surface area contributed by atoms with Gasteiger partial charge in [-0.15, -0.1) is 0 Å². The normalized spacial score (nSPS) is 31.5. The van der Waals surface area contributed by atoms with Crippen molar-refractivity contribution < 1.29 is 19.2 Å². The number of nitro benzene ring substituents is 1. The summed E-state index contributed by atoms with van der Waals surface area (Å²) in [5, 5.41) is 14.3. The van der Waals surface area contributed by atoms with E-state index in [0.29, 0.717) is 6.29 Å². The number of benzene rings is 1. The van der Waals surface area contributed by atoms with E-state index in [4.69, 9.17) is 4.74 Å². The van der Waals surface area contributed by atoms with Crippen molar-refractivity contribution >= 4 is 17.9 Å². The predicted octanol–water partition coefficient (Wildman–Crippen LogP) is 2.87. The lowest BCUT2D eigenvalue weighted by molar-refractivity contribution is -0.385. The molecule has 4 fully saturated rings. The van der Waals surface area contributed by atoms with E-state index in [0.717, 1.165) is 43.1 Å². The Morgan fingerprint density at radius 1 is 1.23 bits per heavy atom. The van der Waals surface area contributed by atoms with E-state index >= 15 is 0 Å². The highest BCUT2D eigenvalue weighted by atomic mass is 16.6. The second-order valence-corrected chi connectivity index (χ2v) is 8.14. The number of carbonyl (C=O) groups is 2. The standard InChI is InChI=1S/C19H22N2O5/c22-10-12-1-2-17(16(6-12)21(24)25)26-11-18(23)20-19-7-13-3-14(8-19)5-15(4-13)9-19/h1-2,6,10,13-15H,3-5,7-9,11H2,(H,20,23). The van der Waals surface area contributed by atoms with E-state index in [1.807, 2.05) is 0 Å². The van der Waals surface area contributed by atoms with Crippen LogP contribution in [0.5, 0.6) is 5.75 Å². The number of carbonyl (C=O) groups excluding carboxylic acids is 2. The summed E-state index contributed by atoms with van der Waals surface area (Å²) in [6, 6.07) is 3.95. The average Bonchev–Trinajstić information content (AvgIpc) is 2.58. The van der Waals surface area contributed by atoms with Crippen molar-refractivity contribution in [2.24, 2.45) is 17.8 Å². The second kappa shape index (κ2) is 6.37. The summed E-state index contributed by atoms with van der Waals surface area (Å²) in [4.78, 5) is 33.8. The van der Waals surface area contributed by atoms with Crippen LogP contribution in [0.3, 0.4) is 0 Å². The minimum absolute atomic E-state index is 0.00117. The maximum Gasteiger partial charge on any atom is 0.311 e. The van der Waals surface area contributed by atoms with Gasteiger partial charge in [0.1, 0.15) is 6.29 Å². The fourth-order valence-corrected chi connectivity index (χ4v) is 5.61. The first-order chi connectivity index (χ1) is 12.5. The van der Waals surface area contributed by atoms with Crippen molar-refractivity contribution in [1.29, 1.82) is 0 Å². The van der Waals surface area contributed by atoms with Gasteiger partial charge >= 0.3 is 5.69 Å². The molecule has 7 heteroatoms. The molecule has 0 heterocycles. The van der Waals surface area contributed by atoms with Crippen LogP contribution in [0.1, 0.15) is 48.9 Å². The Labute approximate surface area is 151 Å². The topological polar surface area (TPSA) is 98.5 Å². The molecule has 0 radical (unpaired) electrons. The summed E-state index contributed by atoms with van der Waals surface area (Å²) in [6.07, 6.45) is 7.54. The highest BCUT2D eigenvalue weighted by molar-refractivity contribution is 5.79. The molecule has 26 heavy (non-hydrogen) atoms. The maximum absolute atomic E-state index is 12.4. The largest absolute Gasteiger partial charge is 0.477 e. The van der Waals surface area contributed by atoms with Crippen LogP contribution in [0.4, 0.5) is 5.69 Å². The minimum Gasteiger partial charge on any atom is -0.477 e. The summed E-state index contributed by atoms with van der Waals surface area (Å²) in [7, 11) is 0. The molecule has 4 bridgehead atoms. The van der Waals surface area contributed by atoms with E-state index in [1.54, 1.807) is 0 Å². The molecular weight excluding hydrogens is 336 g/mol. The van der Waals surface area contributed by atoms with Crippen molar-refractivity contribution in [1.82, 2.24) is 5.32 Å². The zero-order chi connectivity index (χ0) is 18.3. The molecule has 1 aromatic carbocycles. The number of ether oxygens (including phenoxy) is 1. The molecular formula is C19H22N2O5. The van der Waals surface area contributed by atoms with Gasteiger partial charge in [0.05, 0.1) is 4.92 Å². The molecule has 0 aromatic heterocycles. The SMILES string of the molecule is O=Cc1ccc(OCC(=O)NC23CC4CC(CC(C4)C2)C3)c([N+](=O)[O-])c1. The van der Waals surface area contributed by atoms with Gasteiger partial charge in [-0.25, -0.2) is 0 Å². The number of nitro groups is 1. The molecule has 7 nitrogen and oxygen atoms in total. The fraction of sp³-hybridized carbons (Fsp3) is 0.579. The van der Waals surface area contributed by atoms with Crippen LogP contribution in [0, 0.1) is 27.9 Å². The zero-order valence-electron chi connectivity index (χ0n) is 14.5. The number of hydrogen-bond donors (Lipinski definition) is 1. The number of nitrogens with zero attached hydrogens (tertiary/aromatic N) is 1. The highest BCUT2D eigenvalue weighted by Gasteiger charge is 2.51. The molecule has 0 aliphatic heterocycles. The van der Waals surface area contributed by atoms with Gasteiger partial charge in [0, 0.05) is 17.2 Å². The summed E-state index contributed by atoms with van der Waals surface area (Å²) in [5.41, 5.74) is -0.220. The molecule has 0 spiro atoms. The smallest absolute Gasteiger partial charge is 0.311 e. The zero-order valence-corrected chi connectivity index (χ0v) is 14.5. The van der Waals surface area contributed by atoms with Crippen molar-refractivity contribution in [2.75, 3.05) is 6.61 Å². The van der Waals surface area contributed by atoms with E-state index < -0.39 is 4.92 Å². The van der Waals surface area contributed by atoms with E-state index in [1.165, 1.54) is 31.4 Å². The van der Waals surface area contributed by atoms with Gasteiger partial charge in [-0.2, -0.15) is 0 Å². The molecule has 1 aromatic rings. The Hall–Kier alpha value is -2.44. The summed E-state index contributed by atoms with van der Waals surface area (Å²) < 4.78 is 5.40. The van der Waals surface area contributed by atoms with Crippen LogP contribution in [0.2, 0.25) is 0 Å². The van der Waals surface area contributed by atoms with E-state index in [-0.39, 0.29) is 35.1 Å². The Balaban J connectivity index is 1.40. The lowest BCUT2D eigenvalue weighted by Gasteiger charge is -2.56. The third kappa shape index (κ3) is 3.18. The molecule has 0 unspecified atom stereocenters. The molecule has 1 N–H and O–H groups in total. The van der Waals surface area contributed by atoms with Crippen molar-refractivity contribution in [3.8, 4) is 5.75 Å². The van der Waals surface area contributed by atoms with Crippen LogP contribution in [-0.4, -0.2) is 29.3 Å². The quantitative estimate of drug-likeness (QED) is 0.479. The van der Waals surface area contributed by atoms with Crippen LogP contribution >= 0.6 is 0 Å². The van der Waals surface area contributed by atoms with E-state index in [9.17, 15) is 19.7 Å². The summed E-state index contributed by atoms with van der Waals surface area (Å²) >= 11 is 0.